The van der Waals surface area contributed by atoms with Crippen LogP contribution in [0.1, 0.15) is 35.7 Å². The van der Waals surface area contributed by atoms with Crippen molar-refractivity contribution in [2.24, 2.45) is 5.92 Å². The van der Waals surface area contributed by atoms with E-state index in [0.717, 1.165) is 35.6 Å². The Balaban J connectivity index is 1.54. The average molecular weight is 389 g/mol. The number of anilines is 1. The molecule has 1 aliphatic heterocycles. The van der Waals surface area contributed by atoms with Crippen molar-refractivity contribution in [3.63, 3.8) is 0 Å². The van der Waals surface area contributed by atoms with Gasteiger partial charge in [-0.05, 0) is 43.0 Å². The van der Waals surface area contributed by atoms with Crippen molar-refractivity contribution >= 4 is 34.1 Å². The van der Waals surface area contributed by atoms with Gasteiger partial charge in [-0.1, -0.05) is 48.2 Å². The highest BCUT2D eigenvalue weighted by molar-refractivity contribution is 8.01. The summed E-state index contributed by atoms with van der Waals surface area (Å²) in [6, 6.07) is 7.85. The molecule has 1 atom stereocenters. The smallest absolute Gasteiger partial charge is 0.257 e. The van der Waals surface area contributed by atoms with E-state index in [1.807, 2.05) is 30.3 Å². The van der Waals surface area contributed by atoms with Crippen molar-refractivity contribution in [1.29, 1.82) is 0 Å². The SMILES string of the molecule is C=CCSc1nnc(NC(=O)c2ccc(CN3CCC[C@H](C)C3)cc2)s1. The number of thioether (sulfide) groups is 1. The van der Waals surface area contributed by atoms with E-state index in [1.54, 1.807) is 11.8 Å². The van der Waals surface area contributed by atoms with Crippen LogP contribution in [0.2, 0.25) is 0 Å². The van der Waals surface area contributed by atoms with Gasteiger partial charge in [0.2, 0.25) is 5.13 Å². The van der Waals surface area contributed by atoms with Crippen molar-refractivity contribution in [2.45, 2.75) is 30.6 Å². The minimum Gasteiger partial charge on any atom is -0.299 e. The summed E-state index contributed by atoms with van der Waals surface area (Å²) in [4.78, 5) is 14.9. The van der Waals surface area contributed by atoms with Crippen LogP contribution >= 0.6 is 23.1 Å². The van der Waals surface area contributed by atoms with E-state index in [0.29, 0.717) is 10.7 Å². The molecule has 3 rings (SSSR count). The fourth-order valence-electron chi connectivity index (χ4n) is 3.07. The minimum atomic E-state index is -0.153. The number of piperidine rings is 1. The van der Waals surface area contributed by atoms with Crippen molar-refractivity contribution in [1.82, 2.24) is 15.1 Å². The maximum absolute atomic E-state index is 12.4. The fourth-order valence-corrected chi connectivity index (χ4v) is 4.58. The van der Waals surface area contributed by atoms with Crippen LogP contribution in [-0.2, 0) is 6.54 Å². The third-order valence-corrected chi connectivity index (χ3v) is 6.28. The van der Waals surface area contributed by atoms with Crippen molar-refractivity contribution in [3.8, 4) is 0 Å². The molecule has 0 saturated carbocycles. The number of benzene rings is 1. The molecule has 0 unspecified atom stereocenters. The number of hydrogen-bond donors (Lipinski definition) is 1. The van der Waals surface area contributed by atoms with E-state index in [4.69, 9.17) is 0 Å². The van der Waals surface area contributed by atoms with E-state index in [2.05, 4.69) is 33.9 Å². The predicted octanol–water partition coefficient (Wildman–Crippen LogP) is 4.30. The van der Waals surface area contributed by atoms with Gasteiger partial charge in [0.05, 0.1) is 0 Å². The maximum atomic E-state index is 12.4. The van der Waals surface area contributed by atoms with Crippen LogP contribution < -0.4 is 5.32 Å². The van der Waals surface area contributed by atoms with E-state index in [9.17, 15) is 4.79 Å². The molecule has 0 bridgehead atoms. The third kappa shape index (κ3) is 5.40. The lowest BCUT2D eigenvalue weighted by Gasteiger charge is -2.30. The summed E-state index contributed by atoms with van der Waals surface area (Å²) in [5.74, 6) is 1.40. The summed E-state index contributed by atoms with van der Waals surface area (Å²) in [6.45, 7) is 9.27. The zero-order valence-corrected chi connectivity index (χ0v) is 16.6. The van der Waals surface area contributed by atoms with E-state index >= 15 is 0 Å². The van der Waals surface area contributed by atoms with Gasteiger partial charge in [-0.3, -0.25) is 15.0 Å². The summed E-state index contributed by atoms with van der Waals surface area (Å²) in [5, 5.41) is 11.4. The van der Waals surface area contributed by atoms with Crippen molar-refractivity contribution in [2.75, 3.05) is 24.2 Å². The molecule has 2 aromatic rings. The third-order valence-electron chi connectivity index (χ3n) is 4.32. The first-order chi connectivity index (χ1) is 12.6. The lowest BCUT2D eigenvalue weighted by Crippen LogP contribution is -2.33. The van der Waals surface area contributed by atoms with Crippen LogP contribution in [0.25, 0.3) is 0 Å². The van der Waals surface area contributed by atoms with Crippen molar-refractivity contribution < 1.29 is 4.79 Å². The first-order valence-electron chi connectivity index (χ1n) is 8.84. The lowest BCUT2D eigenvalue weighted by molar-refractivity contribution is 0.102. The monoisotopic (exact) mass is 388 g/mol. The number of hydrogen-bond acceptors (Lipinski definition) is 6. The van der Waals surface area contributed by atoms with Crippen LogP contribution in [0.5, 0.6) is 0 Å². The molecule has 1 aromatic heterocycles. The summed E-state index contributed by atoms with van der Waals surface area (Å²) < 4.78 is 0.825. The highest BCUT2D eigenvalue weighted by atomic mass is 32.2. The largest absolute Gasteiger partial charge is 0.299 e. The Morgan fingerprint density at radius 1 is 1.42 bits per heavy atom. The first kappa shape index (κ1) is 19.1. The summed E-state index contributed by atoms with van der Waals surface area (Å²) in [6.07, 6.45) is 4.42. The van der Waals surface area contributed by atoms with Crippen molar-refractivity contribution in [3.05, 3.63) is 48.0 Å². The standard InChI is InChI=1S/C19H24N4OS2/c1-3-11-25-19-22-21-18(26-19)20-17(24)16-8-6-15(7-9-16)13-23-10-4-5-14(2)12-23/h3,6-9,14H,1,4-5,10-13H2,2H3,(H,20,21,24)/t14-/m0/s1. The first-order valence-corrected chi connectivity index (χ1v) is 10.6. The molecule has 1 aromatic carbocycles. The highest BCUT2D eigenvalue weighted by Gasteiger charge is 2.16. The van der Waals surface area contributed by atoms with Gasteiger partial charge in [-0.15, -0.1) is 16.8 Å². The molecule has 0 aliphatic carbocycles. The van der Waals surface area contributed by atoms with Gasteiger partial charge >= 0.3 is 0 Å². The van der Waals surface area contributed by atoms with Crippen LogP contribution in [-0.4, -0.2) is 39.8 Å². The lowest BCUT2D eigenvalue weighted by atomic mass is 9.99. The van der Waals surface area contributed by atoms with Gasteiger partial charge in [0.1, 0.15) is 0 Å². The molecule has 2 heterocycles. The molecule has 1 aliphatic rings. The molecular formula is C19H24N4OS2. The molecule has 1 N–H and O–H groups in total. The number of nitrogens with zero attached hydrogens (tertiary/aromatic N) is 3. The Bertz CT molecular complexity index is 744. The van der Waals surface area contributed by atoms with Gasteiger partial charge in [-0.2, -0.15) is 0 Å². The maximum Gasteiger partial charge on any atom is 0.257 e. The molecule has 0 radical (unpaired) electrons. The van der Waals surface area contributed by atoms with Gasteiger partial charge < -0.3 is 0 Å². The molecule has 7 heteroatoms. The number of carbonyl (C=O) groups excluding carboxylic acids is 1. The minimum absolute atomic E-state index is 0.153. The topological polar surface area (TPSA) is 58.1 Å². The molecule has 5 nitrogen and oxygen atoms in total. The Morgan fingerprint density at radius 2 is 2.23 bits per heavy atom. The average Bonchev–Trinajstić information content (AvgIpc) is 3.08. The van der Waals surface area contributed by atoms with Crippen LogP contribution in [0, 0.1) is 5.92 Å². The highest BCUT2D eigenvalue weighted by Crippen LogP contribution is 2.25. The Morgan fingerprint density at radius 3 is 2.96 bits per heavy atom. The number of amides is 1. The normalized spacial score (nSPS) is 17.8. The predicted molar refractivity (Wildman–Crippen MR) is 109 cm³/mol. The van der Waals surface area contributed by atoms with Crippen LogP contribution in [0.15, 0.2) is 41.3 Å². The van der Waals surface area contributed by atoms with Crippen LogP contribution in [0.3, 0.4) is 0 Å². The van der Waals surface area contributed by atoms with Gasteiger partial charge in [0.25, 0.3) is 5.91 Å². The Hall–Kier alpha value is -1.70. The molecule has 1 amide bonds. The van der Waals surface area contributed by atoms with E-state index in [-0.39, 0.29) is 5.91 Å². The zero-order chi connectivity index (χ0) is 18.4. The molecular weight excluding hydrogens is 364 g/mol. The second kappa shape index (κ2) is 9.30. The Labute approximate surface area is 162 Å². The van der Waals surface area contributed by atoms with E-state index < -0.39 is 0 Å². The number of likely N-dealkylation sites (tertiary alicyclic amines) is 1. The van der Waals surface area contributed by atoms with Gasteiger partial charge in [0.15, 0.2) is 4.34 Å². The number of rotatable bonds is 7. The van der Waals surface area contributed by atoms with Gasteiger partial charge in [0, 0.05) is 24.4 Å². The second-order valence-corrected chi connectivity index (χ2v) is 8.85. The number of carbonyl (C=O) groups is 1. The number of nitrogens with one attached hydrogen (secondary N) is 1. The molecule has 1 fully saturated rings. The quantitative estimate of drug-likeness (QED) is 0.435. The molecule has 138 valence electrons. The van der Waals surface area contributed by atoms with Crippen LogP contribution in [0.4, 0.5) is 5.13 Å². The zero-order valence-electron chi connectivity index (χ0n) is 15.0. The summed E-state index contributed by atoms with van der Waals surface area (Å²) >= 11 is 2.93. The number of aromatic nitrogens is 2. The van der Waals surface area contributed by atoms with Gasteiger partial charge in [-0.25, -0.2) is 0 Å². The fraction of sp³-hybridized carbons (Fsp3) is 0.421. The summed E-state index contributed by atoms with van der Waals surface area (Å²) in [7, 11) is 0. The van der Waals surface area contributed by atoms with E-state index in [1.165, 1.54) is 29.7 Å². The molecule has 26 heavy (non-hydrogen) atoms. The summed E-state index contributed by atoms with van der Waals surface area (Å²) in [5.41, 5.74) is 1.88. The molecule has 0 spiro atoms. The second-order valence-electron chi connectivity index (χ2n) is 6.61. The Kier molecular flexibility index (Phi) is 6.82. The molecule has 1 saturated heterocycles.